The Morgan fingerprint density at radius 2 is 1.81 bits per heavy atom. The van der Waals surface area contributed by atoms with Crippen LogP contribution in [0.5, 0.6) is 0 Å². The van der Waals surface area contributed by atoms with E-state index in [1.165, 1.54) is 12.1 Å². The van der Waals surface area contributed by atoms with Gasteiger partial charge >= 0.3 is 0 Å². The lowest BCUT2D eigenvalue weighted by Gasteiger charge is -2.31. The Hall–Kier alpha value is -3.43. The van der Waals surface area contributed by atoms with Crippen molar-refractivity contribution in [1.82, 2.24) is 4.90 Å². The van der Waals surface area contributed by atoms with Gasteiger partial charge in [-0.1, -0.05) is 23.8 Å². The number of rotatable bonds is 6. The molecule has 0 saturated carbocycles. The Bertz CT molecular complexity index is 1230. The Labute approximate surface area is 188 Å². The number of hydrogen-bond acceptors (Lipinski definition) is 7. The molecule has 4 N–H and O–H groups in total. The number of primary sulfonamides is 1. The quantitative estimate of drug-likeness (QED) is 0.455. The van der Waals surface area contributed by atoms with Gasteiger partial charge < -0.3 is 15.5 Å². The molecule has 0 radical (unpaired) electrons. The van der Waals surface area contributed by atoms with Gasteiger partial charge in [0.15, 0.2) is 12.1 Å². The number of amidine groups is 1. The Morgan fingerprint density at radius 3 is 2.50 bits per heavy atom. The van der Waals surface area contributed by atoms with Gasteiger partial charge in [-0.25, -0.2) is 18.5 Å². The zero-order valence-electron chi connectivity index (χ0n) is 18.5. The van der Waals surface area contributed by atoms with Crippen LogP contribution in [0.3, 0.4) is 0 Å². The van der Waals surface area contributed by atoms with Crippen LogP contribution in [0, 0.1) is 0 Å². The van der Waals surface area contributed by atoms with Crippen LogP contribution in [0.25, 0.3) is 0 Å². The van der Waals surface area contributed by atoms with Crippen molar-refractivity contribution in [3.05, 3.63) is 77.5 Å². The number of nitrogens with zero attached hydrogens (tertiary/aromatic N) is 2. The summed E-state index contributed by atoms with van der Waals surface area (Å²) in [6.07, 6.45) is 3.05. The minimum absolute atomic E-state index is 0.0212. The summed E-state index contributed by atoms with van der Waals surface area (Å²) >= 11 is 0. The highest BCUT2D eigenvalue weighted by atomic mass is 32.2. The van der Waals surface area contributed by atoms with Crippen molar-refractivity contribution >= 4 is 33.0 Å². The van der Waals surface area contributed by atoms with E-state index in [0.29, 0.717) is 17.1 Å². The maximum Gasteiger partial charge on any atom is 0.238 e. The zero-order valence-corrected chi connectivity index (χ0v) is 19.3. The van der Waals surface area contributed by atoms with Crippen LogP contribution in [-0.2, 0) is 10.0 Å². The Kier molecular flexibility index (Phi) is 6.81. The number of carbonyl (C=O) groups excluding carboxylic acids is 1. The number of aliphatic imine (C=N–C) groups is 1. The predicted molar refractivity (Wildman–Crippen MR) is 128 cm³/mol. The second-order valence-electron chi connectivity index (χ2n) is 7.84. The van der Waals surface area contributed by atoms with E-state index in [9.17, 15) is 13.2 Å². The van der Waals surface area contributed by atoms with Gasteiger partial charge in [-0.3, -0.25) is 4.79 Å². The molecule has 1 heterocycles. The van der Waals surface area contributed by atoms with E-state index < -0.39 is 16.3 Å². The van der Waals surface area contributed by atoms with E-state index in [-0.39, 0.29) is 10.7 Å². The molecule has 0 aliphatic carbocycles. The van der Waals surface area contributed by atoms with Crippen molar-refractivity contribution in [2.75, 3.05) is 17.7 Å². The number of sulfonamides is 1. The lowest BCUT2D eigenvalue weighted by Crippen LogP contribution is -2.38. The molecular formula is C23H27N5O3S. The average molecular weight is 454 g/mol. The van der Waals surface area contributed by atoms with E-state index in [4.69, 9.17) is 10.1 Å². The molecule has 2 aromatic rings. The molecule has 0 aromatic heterocycles. The van der Waals surface area contributed by atoms with Gasteiger partial charge in [-0.05, 0) is 57.2 Å². The molecule has 0 spiro atoms. The highest BCUT2D eigenvalue weighted by molar-refractivity contribution is 7.89. The third-order valence-electron chi connectivity index (χ3n) is 4.70. The van der Waals surface area contributed by atoms with Crippen LogP contribution in [0.2, 0.25) is 0 Å². The van der Waals surface area contributed by atoms with Crippen molar-refractivity contribution in [3.8, 4) is 0 Å². The molecule has 1 atom stereocenters. The second-order valence-corrected chi connectivity index (χ2v) is 9.40. The van der Waals surface area contributed by atoms with Crippen LogP contribution in [-0.4, -0.2) is 38.3 Å². The zero-order chi connectivity index (χ0) is 23.5. The van der Waals surface area contributed by atoms with Crippen LogP contribution >= 0.6 is 0 Å². The van der Waals surface area contributed by atoms with Crippen LogP contribution < -0.4 is 15.8 Å². The largest absolute Gasteiger partial charge is 0.347 e. The van der Waals surface area contributed by atoms with E-state index in [1.54, 1.807) is 30.3 Å². The minimum atomic E-state index is -3.80. The number of allylic oxidation sites excluding steroid dienone is 2. The number of hydrogen-bond donors (Lipinski definition) is 3. The van der Waals surface area contributed by atoms with Crippen molar-refractivity contribution in [1.29, 1.82) is 0 Å². The average Bonchev–Trinajstić information content (AvgIpc) is 2.71. The molecule has 32 heavy (non-hydrogen) atoms. The first-order valence-electron chi connectivity index (χ1n) is 9.97. The minimum Gasteiger partial charge on any atom is -0.347 e. The fourth-order valence-corrected chi connectivity index (χ4v) is 3.72. The number of anilines is 2. The molecular weight excluding hydrogens is 426 g/mol. The number of ketones is 1. The maximum absolute atomic E-state index is 12.3. The third-order valence-corrected chi connectivity index (χ3v) is 5.61. The van der Waals surface area contributed by atoms with Gasteiger partial charge in [0, 0.05) is 35.8 Å². The SMILES string of the molecule is CC(C)=CC(=O)c1cccc(NC2=NC(Nc3cccc(S(N)(=O)=O)c3)N(C)C=C2C)c1. The highest BCUT2D eigenvalue weighted by Crippen LogP contribution is 2.21. The molecule has 0 saturated heterocycles. The van der Waals surface area contributed by atoms with E-state index >= 15 is 0 Å². The lowest BCUT2D eigenvalue weighted by atomic mass is 10.1. The van der Waals surface area contributed by atoms with Gasteiger partial charge in [-0.2, -0.15) is 0 Å². The number of nitrogens with two attached hydrogens (primary N) is 1. The molecule has 0 fully saturated rings. The molecule has 0 amide bonds. The fraction of sp³-hybridized carbons (Fsp3) is 0.217. The molecule has 0 bridgehead atoms. The summed E-state index contributed by atoms with van der Waals surface area (Å²) < 4.78 is 23.3. The summed E-state index contributed by atoms with van der Waals surface area (Å²) in [5.74, 6) is 0.579. The molecule has 1 aliphatic heterocycles. The summed E-state index contributed by atoms with van der Waals surface area (Å²) in [5, 5.41) is 11.7. The highest BCUT2D eigenvalue weighted by Gasteiger charge is 2.20. The van der Waals surface area contributed by atoms with Crippen molar-refractivity contribution in [2.24, 2.45) is 10.1 Å². The molecule has 168 valence electrons. The molecule has 1 unspecified atom stereocenters. The second kappa shape index (κ2) is 9.37. The summed E-state index contributed by atoms with van der Waals surface area (Å²) in [6, 6.07) is 13.5. The normalized spacial score (nSPS) is 16.0. The summed E-state index contributed by atoms with van der Waals surface area (Å²) in [6.45, 7) is 5.69. The van der Waals surface area contributed by atoms with E-state index in [0.717, 1.165) is 16.8 Å². The first-order valence-corrected chi connectivity index (χ1v) is 11.5. The fourth-order valence-electron chi connectivity index (χ4n) is 3.16. The first kappa shape index (κ1) is 23.2. The number of carbonyl (C=O) groups is 1. The van der Waals surface area contributed by atoms with Crippen LogP contribution in [0.1, 0.15) is 31.1 Å². The Balaban J connectivity index is 1.83. The van der Waals surface area contributed by atoms with Gasteiger partial charge in [0.2, 0.25) is 10.0 Å². The smallest absolute Gasteiger partial charge is 0.238 e. The van der Waals surface area contributed by atoms with Crippen molar-refractivity contribution < 1.29 is 13.2 Å². The standard InChI is InChI=1S/C23H27N5O3S/c1-15(2)11-21(29)17-7-5-8-18(12-17)25-22-16(3)14-28(4)23(27-22)26-19-9-6-10-20(13-19)32(24,30)31/h5-14,23,26H,1-4H3,(H,25,27)(H2,24,30,31). The Morgan fingerprint density at radius 1 is 1.12 bits per heavy atom. The van der Waals surface area contributed by atoms with Gasteiger partial charge in [-0.15, -0.1) is 0 Å². The summed E-state index contributed by atoms with van der Waals surface area (Å²) in [5.41, 5.74) is 3.74. The maximum atomic E-state index is 12.3. The van der Waals surface area contributed by atoms with Gasteiger partial charge in [0.05, 0.1) is 4.90 Å². The third kappa shape index (κ3) is 5.83. The molecule has 1 aliphatic rings. The predicted octanol–water partition coefficient (Wildman–Crippen LogP) is 3.54. The molecule has 8 nitrogen and oxygen atoms in total. The van der Waals surface area contributed by atoms with Crippen LogP contribution in [0.15, 0.2) is 81.8 Å². The monoisotopic (exact) mass is 453 g/mol. The molecule has 2 aromatic carbocycles. The van der Waals surface area contributed by atoms with E-state index in [2.05, 4.69) is 10.6 Å². The lowest BCUT2D eigenvalue weighted by molar-refractivity contribution is 0.104. The topological polar surface area (TPSA) is 117 Å². The van der Waals surface area contributed by atoms with Gasteiger partial charge in [0.1, 0.15) is 5.84 Å². The van der Waals surface area contributed by atoms with E-state index in [1.807, 2.05) is 51.1 Å². The summed E-state index contributed by atoms with van der Waals surface area (Å²) in [4.78, 5) is 19.0. The number of nitrogens with one attached hydrogen (secondary N) is 2. The summed E-state index contributed by atoms with van der Waals surface area (Å²) in [7, 11) is -1.94. The molecule has 3 rings (SSSR count). The van der Waals surface area contributed by atoms with Crippen molar-refractivity contribution in [2.45, 2.75) is 32.0 Å². The van der Waals surface area contributed by atoms with Gasteiger partial charge in [0.25, 0.3) is 0 Å². The van der Waals surface area contributed by atoms with Crippen LogP contribution in [0.4, 0.5) is 11.4 Å². The molecule has 9 heteroatoms. The van der Waals surface area contributed by atoms with Crippen molar-refractivity contribution in [3.63, 3.8) is 0 Å². The first-order chi connectivity index (χ1) is 15.0. The number of benzene rings is 2.